The van der Waals surface area contributed by atoms with Crippen molar-refractivity contribution in [3.05, 3.63) is 28.2 Å². The summed E-state index contributed by atoms with van der Waals surface area (Å²) >= 11 is 3.73. The summed E-state index contributed by atoms with van der Waals surface area (Å²) in [5.41, 5.74) is 2.68. The first-order chi connectivity index (χ1) is 8.74. The Morgan fingerprint density at radius 3 is 2.72 bits per heavy atom. The lowest BCUT2D eigenvalue weighted by atomic mass is 10.2. The Morgan fingerprint density at radius 2 is 2.17 bits per heavy atom. The molecule has 0 heterocycles. The molecule has 2 rings (SSSR count). The maximum atomic E-state index is 3.73. The number of hydrogen-bond acceptors (Lipinski definition) is 2. The zero-order chi connectivity index (χ0) is 13.0. The topological polar surface area (TPSA) is 15.3 Å². The summed E-state index contributed by atoms with van der Waals surface area (Å²) in [6, 6.07) is 6.72. The van der Waals surface area contributed by atoms with E-state index >= 15 is 0 Å². The van der Waals surface area contributed by atoms with E-state index in [0.717, 1.165) is 19.0 Å². The van der Waals surface area contributed by atoms with Gasteiger partial charge in [-0.2, -0.15) is 0 Å². The predicted molar refractivity (Wildman–Crippen MR) is 82.1 cm³/mol. The Labute approximate surface area is 119 Å². The van der Waals surface area contributed by atoms with Crippen LogP contribution in [-0.4, -0.2) is 20.1 Å². The molecule has 100 valence electrons. The highest BCUT2D eigenvalue weighted by atomic mass is 79.9. The largest absolute Gasteiger partial charge is 0.370 e. The smallest absolute Gasteiger partial charge is 0.0510 e. The molecule has 1 aromatic carbocycles. The van der Waals surface area contributed by atoms with E-state index < -0.39 is 0 Å². The van der Waals surface area contributed by atoms with Gasteiger partial charge in [-0.1, -0.05) is 13.0 Å². The molecular formula is C15H23BrN2. The minimum Gasteiger partial charge on any atom is -0.370 e. The van der Waals surface area contributed by atoms with Crippen molar-refractivity contribution in [2.24, 2.45) is 5.92 Å². The van der Waals surface area contributed by atoms with Crippen LogP contribution in [0.1, 0.15) is 31.7 Å². The van der Waals surface area contributed by atoms with Gasteiger partial charge in [0.2, 0.25) is 0 Å². The molecule has 0 bridgehead atoms. The third-order valence-electron chi connectivity index (χ3n) is 3.40. The van der Waals surface area contributed by atoms with Crippen LogP contribution in [0.2, 0.25) is 0 Å². The second-order valence-electron chi connectivity index (χ2n) is 5.21. The van der Waals surface area contributed by atoms with Crippen molar-refractivity contribution in [2.45, 2.75) is 32.7 Å². The van der Waals surface area contributed by atoms with Crippen LogP contribution >= 0.6 is 15.9 Å². The molecule has 1 aliphatic carbocycles. The Morgan fingerprint density at radius 1 is 1.39 bits per heavy atom. The van der Waals surface area contributed by atoms with Crippen LogP contribution in [0.15, 0.2) is 22.7 Å². The monoisotopic (exact) mass is 310 g/mol. The molecule has 1 fully saturated rings. The van der Waals surface area contributed by atoms with Gasteiger partial charge >= 0.3 is 0 Å². The fraction of sp³-hybridized carbons (Fsp3) is 0.600. The van der Waals surface area contributed by atoms with E-state index in [1.54, 1.807) is 0 Å². The average molecular weight is 311 g/mol. The quantitative estimate of drug-likeness (QED) is 0.824. The van der Waals surface area contributed by atoms with Crippen molar-refractivity contribution in [1.29, 1.82) is 0 Å². The van der Waals surface area contributed by atoms with Gasteiger partial charge in [0.1, 0.15) is 0 Å². The molecule has 0 unspecified atom stereocenters. The van der Waals surface area contributed by atoms with E-state index in [-0.39, 0.29) is 0 Å². The van der Waals surface area contributed by atoms with E-state index in [2.05, 4.69) is 51.3 Å². The molecular weight excluding hydrogens is 288 g/mol. The molecule has 1 aromatic rings. The summed E-state index contributed by atoms with van der Waals surface area (Å²) in [7, 11) is 1.98. The lowest BCUT2D eigenvalue weighted by molar-refractivity contribution is 0.706. The number of anilines is 1. The van der Waals surface area contributed by atoms with Crippen LogP contribution in [0.4, 0.5) is 5.69 Å². The molecule has 2 nitrogen and oxygen atoms in total. The van der Waals surface area contributed by atoms with Gasteiger partial charge in [-0.05, 0) is 65.9 Å². The molecule has 0 atom stereocenters. The third kappa shape index (κ3) is 3.72. The minimum absolute atomic E-state index is 0.926. The first-order valence-electron chi connectivity index (χ1n) is 6.92. The van der Waals surface area contributed by atoms with Crippen molar-refractivity contribution in [2.75, 3.05) is 25.0 Å². The summed E-state index contributed by atoms with van der Waals surface area (Å²) in [5, 5.41) is 3.19. The van der Waals surface area contributed by atoms with Gasteiger partial charge in [0.15, 0.2) is 0 Å². The van der Waals surface area contributed by atoms with E-state index in [0.29, 0.717) is 0 Å². The Kier molecular flexibility index (Phi) is 5.07. The van der Waals surface area contributed by atoms with Gasteiger partial charge in [-0.3, -0.25) is 0 Å². The second kappa shape index (κ2) is 6.58. The first-order valence-corrected chi connectivity index (χ1v) is 7.72. The Balaban J connectivity index is 2.12. The maximum absolute atomic E-state index is 3.73. The minimum atomic E-state index is 0.926. The van der Waals surface area contributed by atoms with Crippen LogP contribution in [-0.2, 0) is 6.54 Å². The standard InChI is InChI=1S/C15H23BrN2/c1-3-8-18(11-12-4-5-12)15-7-6-13(10-17-2)9-14(15)16/h6-7,9,12,17H,3-5,8,10-11H2,1-2H3. The molecule has 0 aromatic heterocycles. The molecule has 18 heavy (non-hydrogen) atoms. The average Bonchev–Trinajstić information content (AvgIpc) is 3.13. The molecule has 0 aliphatic heterocycles. The number of nitrogens with one attached hydrogen (secondary N) is 1. The molecule has 0 saturated heterocycles. The third-order valence-corrected chi connectivity index (χ3v) is 4.04. The molecule has 3 heteroatoms. The predicted octanol–water partition coefficient (Wildman–Crippen LogP) is 3.79. The fourth-order valence-corrected chi connectivity index (χ4v) is 2.99. The van der Waals surface area contributed by atoms with Crippen LogP contribution in [0.5, 0.6) is 0 Å². The molecule has 0 spiro atoms. The SMILES string of the molecule is CCCN(CC1CC1)c1ccc(CNC)cc1Br. The van der Waals surface area contributed by atoms with Crippen molar-refractivity contribution in [1.82, 2.24) is 5.32 Å². The fourth-order valence-electron chi connectivity index (χ4n) is 2.31. The van der Waals surface area contributed by atoms with E-state index in [9.17, 15) is 0 Å². The number of halogens is 1. The van der Waals surface area contributed by atoms with Gasteiger partial charge in [-0.15, -0.1) is 0 Å². The van der Waals surface area contributed by atoms with E-state index in [1.165, 1.54) is 41.5 Å². The highest BCUT2D eigenvalue weighted by Crippen LogP contribution is 2.34. The summed E-state index contributed by atoms with van der Waals surface area (Å²) in [5.74, 6) is 0.931. The zero-order valence-electron chi connectivity index (χ0n) is 11.4. The van der Waals surface area contributed by atoms with Crippen LogP contribution < -0.4 is 10.2 Å². The second-order valence-corrected chi connectivity index (χ2v) is 6.06. The molecule has 0 radical (unpaired) electrons. The number of benzene rings is 1. The van der Waals surface area contributed by atoms with E-state index in [4.69, 9.17) is 0 Å². The van der Waals surface area contributed by atoms with Crippen LogP contribution in [0, 0.1) is 5.92 Å². The van der Waals surface area contributed by atoms with Gasteiger partial charge in [-0.25, -0.2) is 0 Å². The molecule has 0 amide bonds. The summed E-state index contributed by atoms with van der Waals surface area (Å²) in [6.45, 7) is 5.55. The molecule has 1 aliphatic rings. The highest BCUT2D eigenvalue weighted by molar-refractivity contribution is 9.10. The van der Waals surface area contributed by atoms with Crippen molar-refractivity contribution in [3.63, 3.8) is 0 Å². The number of nitrogens with zero attached hydrogens (tertiary/aromatic N) is 1. The van der Waals surface area contributed by atoms with Crippen LogP contribution in [0.3, 0.4) is 0 Å². The highest BCUT2D eigenvalue weighted by Gasteiger charge is 2.24. The summed E-state index contributed by atoms with van der Waals surface area (Å²) in [4.78, 5) is 2.53. The maximum Gasteiger partial charge on any atom is 0.0510 e. The van der Waals surface area contributed by atoms with Crippen molar-refractivity contribution >= 4 is 21.6 Å². The van der Waals surface area contributed by atoms with Crippen molar-refractivity contribution < 1.29 is 0 Å². The Hall–Kier alpha value is -0.540. The summed E-state index contributed by atoms with van der Waals surface area (Å²) < 4.78 is 1.23. The molecule has 1 saturated carbocycles. The van der Waals surface area contributed by atoms with Gasteiger partial charge < -0.3 is 10.2 Å². The summed E-state index contributed by atoms with van der Waals surface area (Å²) in [6.07, 6.45) is 4.03. The van der Waals surface area contributed by atoms with E-state index in [1.807, 2.05) is 7.05 Å². The van der Waals surface area contributed by atoms with Gasteiger partial charge in [0, 0.05) is 24.1 Å². The Bertz CT molecular complexity index is 388. The first kappa shape index (κ1) is 13.9. The van der Waals surface area contributed by atoms with Crippen LogP contribution in [0.25, 0.3) is 0 Å². The zero-order valence-corrected chi connectivity index (χ0v) is 13.0. The number of hydrogen-bond donors (Lipinski definition) is 1. The molecule has 1 N–H and O–H groups in total. The number of rotatable bonds is 7. The van der Waals surface area contributed by atoms with Gasteiger partial charge in [0.25, 0.3) is 0 Å². The lowest BCUT2D eigenvalue weighted by Crippen LogP contribution is -2.26. The van der Waals surface area contributed by atoms with Crippen molar-refractivity contribution in [3.8, 4) is 0 Å². The van der Waals surface area contributed by atoms with Gasteiger partial charge in [0.05, 0.1) is 5.69 Å². The normalized spacial score (nSPS) is 14.8. The lowest BCUT2D eigenvalue weighted by Gasteiger charge is -2.26.